The van der Waals surface area contributed by atoms with Crippen LogP contribution in [-0.2, 0) is 10.2 Å². The van der Waals surface area contributed by atoms with E-state index in [1.165, 1.54) is 0 Å². The average molecular weight is 326 g/mol. The van der Waals surface area contributed by atoms with Crippen LogP contribution in [0.1, 0.15) is 26.3 Å². The van der Waals surface area contributed by atoms with Gasteiger partial charge in [-0.05, 0) is 24.6 Å². The lowest BCUT2D eigenvalue weighted by Gasteiger charge is -2.26. The Morgan fingerprint density at radius 1 is 1.37 bits per heavy atom. The second kappa shape index (κ2) is 7.34. The summed E-state index contributed by atoms with van der Waals surface area (Å²) in [4.78, 5) is 11.5. The third kappa shape index (κ3) is 5.19. The monoisotopic (exact) mass is 324 g/mol. The zero-order valence-corrected chi connectivity index (χ0v) is 13.5. The van der Waals surface area contributed by atoms with Gasteiger partial charge in [-0.2, -0.15) is 0 Å². The summed E-state index contributed by atoms with van der Waals surface area (Å²) in [6, 6.07) is 4.98. The predicted molar refractivity (Wildman–Crippen MR) is 83.4 cm³/mol. The maximum absolute atomic E-state index is 11.5. The van der Waals surface area contributed by atoms with Crippen molar-refractivity contribution in [3.05, 3.63) is 33.8 Å². The number of benzene rings is 1. The van der Waals surface area contributed by atoms with Gasteiger partial charge in [0.05, 0.1) is 16.1 Å². The fourth-order valence-electron chi connectivity index (χ4n) is 1.49. The molecule has 0 unspecified atom stereocenters. The van der Waals surface area contributed by atoms with E-state index in [-0.39, 0.29) is 23.7 Å². The minimum Gasteiger partial charge on any atom is -0.354 e. The van der Waals surface area contributed by atoms with Gasteiger partial charge in [0.2, 0.25) is 5.91 Å². The topological polar surface area (TPSA) is 55.1 Å². The molecule has 19 heavy (non-hydrogen) atoms. The van der Waals surface area contributed by atoms with E-state index in [2.05, 4.69) is 5.32 Å². The molecule has 0 aliphatic carbocycles. The molecule has 1 aromatic rings. The SMILES string of the molecule is C[C@H](N)C(=O)NCC(C)(C)c1ccc(Cl)c(Cl)c1.Cl. The van der Waals surface area contributed by atoms with Crippen molar-refractivity contribution in [2.45, 2.75) is 32.2 Å². The maximum Gasteiger partial charge on any atom is 0.236 e. The number of halogens is 3. The minimum absolute atomic E-state index is 0. The lowest BCUT2D eigenvalue weighted by atomic mass is 9.84. The Morgan fingerprint density at radius 3 is 2.42 bits per heavy atom. The Bertz CT molecular complexity index is 448. The Balaban J connectivity index is 0.00000324. The van der Waals surface area contributed by atoms with Gasteiger partial charge in [-0.3, -0.25) is 4.79 Å². The molecule has 0 aliphatic heterocycles. The number of rotatable bonds is 4. The number of hydrogen-bond donors (Lipinski definition) is 2. The number of nitrogens with one attached hydrogen (secondary N) is 1. The molecule has 108 valence electrons. The van der Waals surface area contributed by atoms with Gasteiger partial charge in [-0.1, -0.05) is 43.1 Å². The first-order valence-corrected chi connectivity index (χ1v) is 6.48. The molecule has 3 N–H and O–H groups in total. The highest BCUT2D eigenvalue weighted by Crippen LogP contribution is 2.29. The summed E-state index contributed by atoms with van der Waals surface area (Å²) in [5.74, 6) is -0.164. The van der Waals surface area contributed by atoms with Gasteiger partial charge in [0, 0.05) is 12.0 Å². The lowest BCUT2D eigenvalue weighted by Crippen LogP contribution is -2.43. The molecule has 0 aliphatic rings. The van der Waals surface area contributed by atoms with Crippen LogP contribution in [0.4, 0.5) is 0 Å². The number of carbonyl (C=O) groups excluding carboxylic acids is 1. The summed E-state index contributed by atoms with van der Waals surface area (Å²) in [6.07, 6.45) is 0. The van der Waals surface area contributed by atoms with Gasteiger partial charge in [0.25, 0.3) is 0 Å². The second-order valence-electron chi connectivity index (χ2n) is 5.02. The molecule has 0 aromatic heterocycles. The van der Waals surface area contributed by atoms with Gasteiger partial charge in [-0.25, -0.2) is 0 Å². The highest BCUT2D eigenvalue weighted by atomic mass is 35.5. The molecule has 0 bridgehead atoms. The van der Waals surface area contributed by atoms with E-state index >= 15 is 0 Å². The first kappa shape index (κ1) is 18.5. The molecule has 1 atom stereocenters. The van der Waals surface area contributed by atoms with Crippen LogP contribution in [0.3, 0.4) is 0 Å². The Hall–Kier alpha value is -0.480. The van der Waals surface area contributed by atoms with Crippen molar-refractivity contribution in [2.24, 2.45) is 5.73 Å². The van der Waals surface area contributed by atoms with Crippen molar-refractivity contribution in [3.8, 4) is 0 Å². The van der Waals surface area contributed by atoms with Crippen LogP contribution >= 0.6 is 35.6 Å². The first-order valence-electron chi connectivity index (χ1n) is 5.73. The zero-order chi connectivity index (χ0) is 13.9. The summed E-state index contributed by atoms with van der Waals surface area (Å²) < 4.78 is 0. The summed E-state index contributed by atoms with van der Waals surface area (Å²) in [5, 5.41) is 3.85. The molecule has 6 heteroatoms. The normalized spacial score (nSPS) is 12.5. The highest BCUT2D eigenvalue weighted by Gasteiger charge is 2.22. The van der Waals surface area contributed by atoms with Crippen LogP contribution < -0.4 is 11.1 Å². The molecular formula is C13H19Cl3N2O. The fraction of sp³-hybridized carbons (Fsp3) is 0.462. The van der Waals surface area contributed by atoms with Gasteiger partial charge in [0.1, 0.15) is 0 Å². The average Bonchev–Trinajstić information content (AvgIpc) is 2.29. The largest absolute Gasteiger partial charge is 0.354 e. The van der Waals surface area contributed by atoms with E-state index in [1.54, 1.807) is 13.0 Å². The van der Waals surface area contributed by atoms with E-state index in [0.29, 0.717) is 16.6 Å². The number of carbonyl (C=O) groups is 1. The Kier molecular flexibility index (Phi) is 7.16. The summed E-state index contributed by atoms with van der Waals surface area (Å²) in [6.45, 7) is 6.19. The molecule has 0 saturated carbocycles. The van der Waals surface area contributed by atoms with Crippen molar-refractivity contribution in [1.29, 1.82) is 0 Å². The Labute approximate surface area is 130 Å². The summed E-state index contributed by atoms with van der Waals surface area (Å²) in [5.41, 5.74) is 6.28. The second-order valence-corrected chi connectivity index (χ2v) is 5.83. The summed E-state index contributed by atoms with van der Waals surface area (Å²) in [7, 11) is 0. The minimum atomic E-state index is -0.505. The van der Waals surface area contributed by atoms with Gasteiger partial charge >= 0.3 is 0 Å². The Morgan fingerprint density at radius 2 is 1.95 bits per heavy atom. The fourth-order valence-corrected chi connectivity index (χ4v) is 1.79. The molecule has 0 fully saturated rings. The lowest BCUT2D eigenvalue weighted by molar-refractivity contribution is -0.122. The quantitative estimate of drug-likeness (QED) is 0.893. The standard InChI is InChI=1S/C13H18Cl2N2O.ClH/c1-8(16)12(18)17-7-13(2,3)9-4-5-10(14)11(15)6-9;/h4-6,8H,7,16H2,1-3H3,(H,17,18);1H/t8-;/m0./s1. The number of hydrogen-bond acceptors (Lipinski definition) is 2. The van der Waals surface area contributed by atoms with Crippen LogP contribution in [0.25, 0.3) is 0 Å². The third-order valence-corrected chi connectivity index (χ3v) is 3.56. The van der Waals surface area contributed by atoms with E-state index < -0.39 is 6.04 Å². The zero-order valence-electron chi connectivity index (χ0n) is 11.2. The van der Waals surface area contributed by atoms with Crippen LogP contribution in [0.15, 0.2) is 18.2 Å². The first-order chi connectivity index (χ1) is 8.24. The molecule has 3 nitrogen and oxygen atoms in total. The molecule has 1 amide bonds. The maximum atomic E-state index is 11.5. The number of nitrogens with two attached hydrogens (primary N) is 1. The third-order valence-electron chi connectivity index (χ3n) is 2.82. The van der Waals surface area contributed by atoms with E-state index in [1.807, 2.05) is 26.0 Å². The van der Waals surface area contributed by atoms with Crippen LogP contribution in [-0.4, -0.2) is 18.5 Å². The molecule has 1 rings (SSSR count). The van der Waals surface area contributed by atoms with Crippen LogP contribution in [0.5, 0.6) is 0 Å². The highest BCUT2D eigenvalue weighted by molar-refractivity contribution is 6.42. The smallest absolute Gasteiger partial charge is 0.236 e. The number of amides is 1. The van der Waals surface area contributed by atoms with E-state index in [0.717, 1.165) is 5.56 Å². The predicted octanol–water partition coefficient (Wildman–Crippen LogP) is 3.16. The van der Waals surface area contributed by atoms with Crippen molar-refractivity contribution < 1.29 is 4.79 Å². The molecule has 0 heterocycles. The molecule has 1 aromatic carbocycles. The van der Waals surface area contributed by atoms with E-state index in [4.69, 9.17) is 28.9 Å². The van der Waals surface area contributed by atoms with Crippen molar-refractivity contribution in [3.63, 3.8) is 0 Å². The van der Waals surface area contributed by atoms with Crippen molar-refractivity contribution >= 4 is 41.5 Å². The van der Waals surface area contributed by atoms with Gasteiger partial charge in [0.15, 0.2) is 0 Å². The molecule has 0 radical (unpaired) electrons. The van der Waals surface area contributed by atoms with Gasteiger partial charge in [-0.15, -0.1) is 12.4 Å². The van der Waals surface area contributed by atoms with Gasteiger partial charge < -0.3 is 11.1 Å². The van der Waals surface area contributed by atoms with Crippen molar-refractivity contribution in [1.82, 2.24) is 5.32 Å². The molecule has 0 saturated heterocycles. The van der Waals surface area contributed by atoms with Crippen molar-refractivity contribution in [2.75, 3.05) is 6.54 Å². The molecule has 0 spiro atoms. The van der Waals surface area contributed by atoms with Crippen LogP contribution in [0, 0.1) is 0 Å². The molecular weight excluding hydrogens is 307 g/mol. The van der Waals surface area contributed by atoms with E-state index in [9.17, 15) is 4.79 Å². The van der Waals surface area contributed by atoms with Crippen LogP contribution in [0.2, 0.25) is 10.0 Å². The summed E-state index contributed by atoms with van der Waals surface area (Å²) >= 11 is 11.9.